The standard InChI is InChI=1S/C14H18BrFN2/c15-11-3-4-12(13(16)9-11)14(10-1-2-10)18-7-5-17-6-8-18/h3-4,9-10,14,17H,1-2,5-8H2/t14-/m0/s1. The Balaban J connectivity index is 1.88. The number of hydrogen-bond acceptors (Lipinski definition) is 2. The lowest BCUT2D eigenvalue weighted by Gasteiger charge is -2.35. The third-order valence-corrected chi connectivity index (χ3v) is 4.39. The van der Waals surface area contributed by atoms with Gasteiger partial charge in [-0.3, -0.25) is 4.90 Å². The van der Waals surface area contributed by atoms with E-state index in [1.165, 1.54) is 12.8 Å². The quantitative estimate of drug-likeness (QED) is 0.923. The fourth-order valence-electron chi connectivity index (χ4n) is 2.86. The number of nitrogens with one attached hydrogen (secondary N) is 1. The average Bonchev–Trinajstić information content (AvgIpc) is 3.18. The Hall–Kier alpha value is -0.450. The largest absolute Gasteiger partial charge is 0.314 e. The molecule has 1 saturated heterocycles. The summed E-state index contributed by atoms with van der Waals surface area (Å²) in [7, 11) is 0. The molecule has 1 aromatic rings. The number of hydrogen-bond donors (Lipinski definition) is 1. The number of nitrogens with zero attached hydrogens (tertiary/aromatic N) is 1. The van der Waals surface area contributed by atoms with Crippen LogP contribution in [0.1, 0.15) is 24.4 Å². The number of halogens is 2. The van der Waals surface area contributed by atoms with Crippen LogP contribution in [0.4, 0.5) is 4.39 Å². The van der Waals surface area contributed by atoms with Gasteiger partial charge in [0.25, 0.3) is 0 Å². The molecule has 1 aliphatic heterocycles. The van der Waals surface area contributed by atoms with Crippen LogP contribution in [0, 0.1) is 11.7 Å². The van der Waals surface area contributed by atoms with Gasteiger partial charge in [-0.15, -0.1) is 0 Å². The monoisotopic (exact) mass is 312 g/mol. The first-order chi connectivity index (χ1) is 8.75. The minimum Gasteiger partial charge on any atom is -0.314 e. The SMILES string of the molecule is Fc1cc(Br)ccc1[C@H](C1CC1)N1CCNCC1. The van der Waals surface area contributed by atoms with E-state index in [0.29, 0.717) is 5.92 Å². The fraction of sp³-hybridized carbons (Fsp3) is 0.571. The molecular formula is C14H18BrFN2. The molecule has 0 aromatic heterocycles. The highest BCUT2D eigenvalue weighted by atomic mass is 79.9. The molecule has 1 aromatic carbocycles. The molecule has 4 heteroatoms. The summed E-state index contributed by atoms with van der Waals surface area (Å²) in [6.45, 7) is 4.08. The van der Waals surface area contributed by atoms with E-state index in [9.17, 15) is 4.39 Å². The topological polar surface area (TPSA) is 15.3 Å². The van der Waals surface area contributed by atoms with Crippen molar-refractivity contribution in [1.29, 1.82) is 0 Å². The molecule has 1 heterocycles. The van der Waals surface area contributed by atoms with Crippen molar-refractivity contribution in [2.24, 2.45) is 5.92 Å². The molecule has 2 aliphatic rings. The van der Waals surface area contributed by atoms with Crippen molar-refractivity contribution in [3.8, 4) is 0 Å². The second-order valence-corrected chi connectivity index (χ2v) is 6.15. The van der Waals surface area contributed by atoms with Crippen LogP contribution >= 0.6 is 15.9 Å². The van der Waals surface area contributed by atoms with Crippen molar-refractivity contribution >= 4 is 15.9 Å². The van der Waals surface area contributed by atoms with Crippen molar-refractivity contribution < 1.29 is 4.39 Å². The number of benzene rings is 1. The number of piperazine rings is 1. The Kier molecular flexibility index (Phi) is 3.68. The van der Waals surface area contributed by atoms with Gasteiger partial charge in [0.05, 0.1) is 0 Å². The first kappa shape index (κ1) is 12.6. The van der Waals surface area contributed by atoms with Crippen LogP contribution in [0.2, 0.25) is 0 Å². The van der Waals surface area contributed by atoms with Crippen molar-refractivity contribution in [2.45, 2.75) is 18.9 Å². The average molecular weight is 313 g/mol. The molecule has 2 nitrogen and oxygen atoms in total. The van der Waals surface area contributed by atoms with Crippen LogP contribution in [-0.4, -0.2) is 31.1 Å². The first-order valence-electron chi connectivity index (χ1n) is 6.65. The smallest absolute Gasteiger partial charge is 0.129 e. The Labute approximate surface area is 116 Å². The minimum absolute atomic E-state index is 0.0696. The van der Waals surface area contributed by atoms with Crippen molar-refractivity contribution in [3.63, 3.8) is 0 Å². The molecule has 2 fully saturated rings. The van der Waals surface area contributed by atoms with E-state index in [2.05, 4.69) is 26.1 Å². The van der Waals surface area contributed by atoms with E-state index in [1.807, 2.05) is 12.1 Å². The molecule has 0 spiro atoms. The lowest BCUT2D eigenvalue weighted by atomic mass is 9.99. The highest BCUT2D eigenvalue weighted by Crippen LogP contribution is 2.45. The summed E-state index contributed by atoms with van der Waals surface area (Å²) in [5.74, 6) is 0.582. The Morgan fingerprint density at radius 2 is 2.00 bits per heavy atom. The van der Waals surface area contributed by atoms with Crippen LogP contribution in [0.3, 0.4) is 0 Å². The summed E-state index contributed by atoms with van der Waals surface area (Å²) >= 11 is 3.33. The van der Waals surface area contributed by atoms with Crippen molar-refractivity contribution in [3.05, 3.63) is 34.1 Å². The van der Waals surface area contributed by atoms with Gasteiger partial charge < -0.3 is 5.32 Å². The van der Waals surface area contributed by atoms with Crippen LogP contribution in [0.15, 0.2) is 22.7 Å². The van der Waals surface area contributed by atoms with Crippen molar-refractivity contribution in [1.82, 2.24) is 10.2 Å². The van der Waals surface area contributed by atoms with E-state index in [4.69, 9.17) is 0 Å². The molecule has 0 bridgehead atoms. The van der Waals surface area contributed by atoms with Crippen molar-refractivity contribution in [2.75, 3.05) is 26.2 Å². The molecular weight excluding hydrogens is 295 g/mol. The predicted molar refractivity (Wildman–Crippen MR) is 74.0 cm³/mol. The lowest BCUT2D eigenvalue weighted by molar-refractivity contribution is 0.153. The number of rotatable bonds is 3. The van der Waals surface area contributed by atoms with Gasteiger partial charge >= 0.3 is 0 Å². The second-order valence-electron chi connectivity index (χ2n) is 5.23. The maximum atomic E-state index is 14.2. The molecule has 1 atom stereocenters. The third-order valence-electron chi connectivity index (χ3n) is 3.89. The van der Waals surface area contributed by atoms with E-state index in [1.54, 1.807) is 6.07 Å². The van der Waals surface area contributed by atoms with Gasteiger partial charge in [0.2, 0.25) is 0 Å². The fourth-order valence-corrected chi connectivity index (χ4v) is 3.20. The van der Waals surface area contributed by atoms with Crippen LogP contribution < -0.4 is 5.32 Å². The summed E-state index contributed by atoms with van der Waals surface area (Å²) in [5, 5.41) is 3.36. The van der Waals surface area contributed by atoms with Gasteiger partial charge in [0.1, 0.15) is 5.82 Å². The molecule has 18 heavy (non-hydrogen) atoms. The van der Waals surface area contributed by atoms with E-state index >= 15 is 0 Å². The molecule has 1 N–H and O–H groups in total. The van der Waals surface area contributed by atoms with Gasteiger partial charge in [-0.05, 0) is 30.9 Å². The van der Waals surface area contributed by atoms with Crippen LogP contribution in [0.5, 0.6) is 0 Å². The zero-order valence-electron chi connectivity index (χ0n) is 10.3. The zero-order valence-corrected chi connectivity index (χ0v) is 11.9. The normalized spacial score (nSPS) is 23.0. The van der Waals surface area contributed by atoms with E-state index in [-0.39, 0.29) is 11.9 Å². The van der Waals surface area contributed by atoms with Gasteiger partial charge in [-0.1, -0.05) is 22.0 Å². The summed E-state index contributed by atoms with van der Waals surface area (Å²) < 4.78 is 15.0. The highest BCUT2D eigenvalue weighted by Gasteiger charge is 2.37. The van der Waals surface area contributed by atoms with Crippen LogP contribution in [-0.2, 0) is 0 Å². The molecule has 0 radical (unpaired) electrons. The van der Waals surface area contributed by atoms with Gasteiger partial charge in [-0.25, -0.2) is 4.39 Å². The van der Waals surface area contributed by atoms with Crippen LogP contribution in [0.25, 0.3) is 0 Å². The summed E-state index contributed by atoms with van der Waals surface area (Å²) in [4.78, 5) is 2.44. The lowest BCUT2D eigenvalue weighted by Crippen LogP contribution is -2.45. The molecule has 1 aliphatic carbocycles. The molecule has 0 unspecified atom stereocenters. The van der Waals surface area contributed by atoms with E-state index < -0.39 is 0 Å². The van der Waals surface area contributed by atoms with E-state index in [0.717, 1.165) is 36.2 Å². The second kappa shape index (κ2) is 5.27. The third kappa shape index (κ3) is 2.60. The summed E-state index contributed by atoms with van der Waals surface area (Å²) in [6.07, 6.45) is 2.48. The summed E-state index contributed by atoms with van der Waals surface area (Å²) in [6, 6.07) is 5.77. The molecule has 1 saturated carbocycles. The Morgan fingerprint density at radius 3 is 2.61 bits per heavy atom. The Bertz CT molecular complexity index is 428. The van der Waals surface area contributed by atoms with Gasteiger partial charge in [0.15, 0.2) is 0 Å². The predicted octanol–water partition coefficient (Wildman–Crippen LogP) is 2.94. The van der Waals surface area contributed by atoms with Gasteiger partial charge in [0, 0.05) is 42.3 Å². The van der Waals surface area contributed by atoms with Gasteiger partial charge in [-0.2, -0.15) is 0 Å². The molecule has 98 valence electrons. The maximum absolute atomic E-state index is 14.2. The minimum atomic E-state index is -0.0696. The summed E-state index contributed by atoms with van der Waals surface area (Å²) in [5.41, 5.74) is 0.877. The zero-order chi connectivity index (χ0) is 12.5. The maximum Gasteiger partial charge on any atom is 0.129 e. The Morgan fingerprint density at radius 1 is 1.28 bits per heavy atom. The molecule has 3 rings (SSSR count). The molecule has 0 amide bonds. The first-order valence-corrected chi connectivity index (χ1v) is 7.45. The highest BCUT2D eigenvalue weighted by molar-refractivity contribution is 9.10.